The van der Waals surface area contributed by atoms with E-state index >= 15 is 0 Å². The minimum atomic E-state index is 0.236. The highest BCUT2D eigenvalue weighted by molar-refractivity contribution is 5.72. The Morgan fingerprint density at radius 3 is 2.80 bits per heavy atom. The van der Waals surface area contributed by atoms with Gasteiger partial charge in [-0.1, -0.05) is 13.8 Å². The topological polar surface area (TPSA) is 31.2 Å². The summed E-state index contributed by atoms with van der Waals surface area (Å²) >= 11 is 0. The van der Waals surface area contributed by atoms with Crippen LogP contribution in [0.3, 0.4) is 0 Å². The maximum atomic E-state index is 10.8. The van der Waals surface area contributed by atoms with Crippen LogP contribution < -0.4 is 0 Å². The number of carbonyl (C=O) groups excluding carboxylic acids is 1. The standard InChI is InChI=1S/C12H19NO2/c1-4-15-9-12(10(2)3)13-7-5-6-11(13)8-14/h5-8,10,12H,4,9H2,1-3H3. The quantitative estimate of drug-likeness (QED) is 0.674. The van der Waals surface area contributed by atoms with E-state index in [1.54, 1.807) is 0 Å². The maximum absolute atomic E-state index is 10.8. The van der Waals surface area contributed by atoms with E-state index < -0.39 is 0 Å². The van der Waals surface area contributed by atoms with Gasteiger partial charge in [0.2, 0.25) is 0 Å². The van der Waals surface area contributed by atoms with Crippen molar-refractivity contribution in [3.63, 3.8) is 0 Å². The average molecular weight is 209 g/mol. The van der Waals surface area contributed by atoms with Gasteiger partial charge in [0.05, 0.1) is 18.3 Å². The third-order valence-electron chi connectivity index (χ3n) is 2.55. The van der Waals surface area contributed by atoms with Gasteiger partial charge in [-0.2, -0.15) is 0 Å². The Morgan fingerprint density at radius 2 is 2.27 bits per heavy atom. The molecular formula is C12H19NO2. The molecule has 0 radical (unpaired) electrons. The molecule has 1 heterocycles. The first-order valence-electron chi connectivity index (χ1n) is 5.40. The number of aromatic nitrogens is 1. The second kappa shape index (κ2) is 5.71. The summed E-state index contributed by atoms with van der Waals surface area (Å²) in [5.41, 5.74) is 0.716. The first-order chi connectivity index (χ1) is 7.20. The molecule has 15 heavy (non-hydrogen) atoms. The predicted octanol–water partition coefficient (Wildman–Crippen LogP) is 2.53. The van der Waals surface area contributed by atoms with Crippen molar-refractivity contribution in [1.29, 1.82) is 0 Å². The highest BCUT2D eigenvalue weighted by atomic mass is 16.5. The second-order valence-corrected chi connectivity index (χ2v) is 3.93. The van der Waals surface area contributed by atoms with Gasteiger partial charge in [0, 0.05) is 12.8 Å². The summed E-state index contributed by atoms with van der Waals surface area (Å²) in [4.78, 5) is 10.8. The van der Waals surface area contributed by atoms with Crippen LogP contribution >= 0.6 is 0 Å². The van der Waals surface area contributed by atoms with E-state index in [9.17, 15) is 4.79 Å². The van der Waals surface area contributed by atoms with E-state index in [1.165, 1.54) is 0 Å². The maximum Gasteiger partial charge on any atom is 0.166 e. The van der Waals surface area contributed by atoms with Crippen LogP contribution in [0.2, 0.25) is 0 Å². The number of nitrogens with zero attached hydrogens (tertiary/aromatic N) is 1. The molecule has 0 N–H and O–H groups in total. The van der Waals surface area contributed by atoms with Crippen molar-refractivity contribution in [3.8, 4) is 0 Å². The summed E-state index contributed by atoms with van der Waals surface area (Å²) in [7, 11) is 0. The number of hydrogen-bond acceptors (Lipinski definition) is 2. The molecule has 1 atom stereocenters. The van der Waals surface area contributed by atoms with Gasteiger partial charge in [-0.3, -0.25) is 4.79 Å². The van der Waals surface area contributed by atoms with E-state index in [0.29, 0.717) is 24.8 Å². The minimum Gasteiger partial charge on any atom is -0.380 e. The zero-order chi connectivity index (χ0) is 11.3. The van der Waals surface area contributed by atoms with Crippen molar-refractivity contribution in [2.45, 2.75) is 26.8 Å². The van der Waals surface area contributed by atoms with E-state index in [1.807, 2.05) is 29.8 Å². The van der Waals surface area contributed by atoms with Crippen LogP contribution in [0.1, 0.15) is 37.3 Å². The van der Waals surface area contributed by atoms with Gasteiger partial charge < -0.3 is 9.30 Å². The van der Waals surface area contributed by atoms with Crippen LogP contribution in [-0.2, 0) is 4.74 Å². The zero-order valence-electron chi connectivity index (χ0n) is 9.64. The summed E-state index contributed by atoms with van der Waals surface area (Å²) in [5.74, 6) is 0.447. The first kappa shape index (κ1) is 12.0. The average Bonchev–Trinajstić information content (AvgIpc) is 2.66. The summed E-state index contributed by atoms with van der Waals surface area (Å²) in [6, 6.07) is 3.96. The van der Waals surface area contributed by atoms with E-state index in [-0.39, 0.29) is 6.04 Å². The van der Waals surface area contributed by atoms with Crippen LogP contribution in [0.15, 0.2) is 18.3 Å². The van der Waals surface area contributed by atoms with Crippen LogP contribution in [-0.4, -0.2) is 24.1 Å². The molecule has 1 rings (SSSR count). The van der Waals surface area contributed by atoms with Gasteiger partial charge in [-0.15, -0.1) is 0 Å². The van der Waals surface area contributed by atoms with Gasteiger partial charge in [0.1, 0.15) is 0 Å². The Morgan fingerprint density at radius 1 is 1.53 bits per heavy atom. The fourth-order valence-electron chi connectivity index (χ4n) is 1.64. The molecule has 1 unspecified atom stereocenters. The molecule has 0 aliphatic rings. The predicted molar refractivity (Wildman–Crippen MR) is 60.2 cm³/mol. The molecule has 0 saturated heterocycles. The Kier molecular flexibility index (Phi) is 4.56. The lowest BCUT2D eigenvalue weighted by atomic mass is 10.1. The van der Waals surface area contributed by atoms with Crippen LogP contribution in [0.5, 0.6) is 0 Å². The Labute approximate surface area is 91.0 Å². The fourth-order valence-corrected chi connectivity index (χ4v) is 1.64. The second-order valence-electron chi connectivity index (χ2n) is 3.93. The molecule has 0 aromatic carbocycles. The lowest BCUT2D eigenvalue weighted by molar-refractivity contribution is 0.0937. The van der Waals surface area contributed by atoms with E-state index in [2.05, 4.69) is 13.8 Å². The molecule has 0 aliphatic heterocycles. The number of rotatable bonds is 6. The fraction of sp³-hybridized carbons (Fsp3) is 0.583. The zero-order valence-corrected chi connectivity index (χ0v) is 9.64. The minimum absolute atomic E-state index is 0.236. The Bertz CT molecular complexity index is 304. The molecule has 3 heteroatoms. The number of hydrogen-bond donors (Lipinski definition) is 0. The molecule has 0 aliphatic carbocycles. The molecule has 0 fully saturated rings. The van der Waals surface area contributed by atoms with Crippen LogP contribution in [0.4, 0.5) is 0 Å². The SMILES string of the molecule is CCOCC(C(C)C)n1cccc1C=O. The molecule has 1 aromatic heterocycles. The van der Waals surface area contributed by atoms with E-state index in [0.717, 1.165) is 6.29 Å². The number of carbonyl (C=O) groups is 1. The normalized spacial score (nSPS) is 13.1. The van der Waals surface area contributed by atoms with Gasteiger partial charge in [0.25, 0.3) is 0 Å². The number of ether oxygens (including phenoxy) is 1. The van der Waals surface area contributed by atoms with Crippen LogP contribution in [0, 0.1) is 5.92 Å². The molecule has 0 bridgehead atoms. The summed E-state index contributed by atoms with van der Waals surface area (Å²) in [6.45, 7) is 7.62. The molecule has 0 spiro atoms. The highest BCUT2D eigenvalue weighted by Gasteiger charge is 2.17. The van der Waals surface area contributed by atoms with Crippen LogP contribution in [0.25, 0.3) is 0 Å². The summed E-state index contributed by atoms with van der Waals surface area (Å²) in [6.07, 6.45) is 2.83. The van der Waals surface area contributed by atoms with Gasteiger partial charge in [-0.25, -0.2) is 0 Å². The van der Waals surface area contributed by atoms with Crippen molar-refractivity contribution in [1.82, 2.24) is 4.57 Å². The van der Waals surface area contributed by atoms with Crippen molar-refractivity contribution in [2.75, 3.05) is 13.2 Å². The molecule has 3 nitrogen and oxygen atoms in total. The monoisotopic (exact) mass is 209 g/mol. The van der Waals surface area contributed by atoms with Crippen molar-refractivity contribution in [2.24, 2.45) is 5.92 Å². The van der Waals surface area contributed by atoms with E-state index in [4.69, 9.17) is 4.74 Å². The van der Waals surface area contributed by atoms with Gasteiger partial charge in [-0.05, 0) is 25.0 Å². The molecular weight excluding hydrogens is 190 g/mol. The Hall–Kier alpha value is -1.09. The van der Waals surface area contributed by atoms with Crippen molar-refractivity contribution >= 4 is 6.29 Å². The van der Waals surface area contributed by atoms with Crippen molar-refractivity contribution in [3.05, 3.63) is 24.0 Å². The number of aldehydes is 1. The third kappa shape index (κ3) is 2.93. The molecule has 1 aromatic rings. The lowest BCUT2D eigenvalue weighted by Crippen LogP contribution is -2.21. The largest absolute Gasteiger partial charge is 0.380 e. The summed E-state index contributed by atoms with van der Waals surface area (Å²) in [5, 5.41) is 0. The smallest absolute Gasteiger partial charge is 0.166 e. The lowest BCUT2D eigenvalue weighted by Gasteiger charge is -2.23. The molecule has 0 saturated carbocycles. The van der Waals surface area contributed by atoms with Gasteiger partial charge in [0.15, 0.2) is 6.29 Å². The molecule has 0 amide bonds. The van der Waals surface area contributed by atoms with Crippen molar-refractivity contribution < 1.29 is 9.53 Å². The highest BCUT2D eigenvalue weighted by Crippen LogP contribution is 2.20. The molecule has 84 valence electrons. The Balaban J connectivity index is 2.83. The third-order valence-corrected chi connectivity index (χ3v) is 2.55. The first-order valence-corrected chi connectivity index (χ1v) is 5.40. The van der Waals surface area contributed by atoms with Gasteiger partial charge >= 0.3 is 0 Å². The summed E-state index contributed by atoms with van der Waals surface area (Å²) < 4.78 is 7.44.